The minimum atomic E-state index is 0.783. The number of rotatable bonds is 0. The zero-order valence-electron chi connectivity index (χ0n) is 6.40. The lowest BCUT2D eigenvalue weighted by Gasteiger charge is -2.15. The van der Waals surface area contributed by atoms with Crippen LogP contribution in [0, 0.1) is 5.92 Å². The van der Waals surface area contributed by atoms with E-state index >= 15 is 0 Å². The molecule has 2 bridgehead atoms. The van der Waals surface area contributed by atoms with Crippen molar-refractivity contribution >= 4 is 0 Å². The highest BCUT2D eigenvalue weighted by Gasteiger charge is 2.24. The number of nitrogens with one attached hydrogen (secondary N) is 2. The second kappa shape index (κ2) is 2.89. The molecule has 2 atom stereocenters. The van der Waals surface area contributed by atoms with Crippen molar-refractivity contribution in [3.8, 4) is 0 Å². The summed E-state index contributed by atoms with van der Waals surface area (Å²) >= 11 is 0. The average Bonchev–Trinajstić information content (AvgIpc) is 2.30. The lowest BCUT2D eigenvalue weighted by Crippen LogP contribution is -2.34. The van der Waals surface area contributed by atoms with Gasteiger partial charge in [0.1, 0.15) is 0 Å². The van der Waals surface area contributed by atoms with Crippen molar-refractivity contribution in [1.29, 1.82) is 0 Å². The predicted molar refractivity (Wildman–Crippen MR) is 42.0 cm³/mol. The average molecular weight is 140 g/mol. The van der Waals surface area contributed by atoms with Gasteiger partial charge in [0.05, 0.1) is 0 Å². The molecule has 0 saturated carbocycles. The van der Waals surface area contributed by atoms with E-state index in [1.54, 1.807) is 0 Å². The van der Waals surface area contributed by atoms with Crippen LogP contribution in [0.15, 0.2) is 0 Å². The van der Waals surface area contributed by atoms with Crippen LogP contribution >= 0.6 is 0 Å². The van der Waals surface area contributed by atoms with Crippen LogP contribution in [0.5, 0.6) is 0 Å². The van der Waals surface area contributed by atoms with Gasteiger partial charge in [-0.25, -0.2) is 0 Å². The van der Waals surface area contributed by atoms with E-state index in [4.69, 9.17) is 0 Å². The van der Waals surface area contributed by atoms with Gasteiger partial charge in [0.2, 0.25) is 0 Å². The second-order valence-electron chi connectivity index (χ2n) is 3.55. The maximum absolute atomic E-state index is 3.54. The van der Waals surface area contributed by atoms with Crippen molar-refractivity contribution in [2.75, 3.05) is 19.6 Å². The molecule has 0 aromatic rings. The summed E-state index contributed by atoms with van der Waals surface area (Å²) in [6.45, 7) is 3.69. The van der Waals surface area contributed by atoms with Gasteiger partial charge in [0.25, 0.3) is 0 Å². The van der Waals surface area contributed by atoms with E-state index in [-0.39, 0.29) is 0 Å². The van der Waals surface area contributed by atoms with Gasteiger partial charge < -0.3 is 10.6 Å². The Bertz CT molecular complexity index is 102. The van der Waals surface area contributed by atoms with Gasteiger partial charge in [-0.2, -0.15) is 0 Å². The van der Waals surface area contributed by atoms with Crippen LogP contribution in [0.1, 0.15) is 19.3 Å². The molecule has 2 unspecified atom stereocenters. The molecule has 2 fully saturated rings. The molecule has 0 aromatic carbocycles. The first-order valence-electron chi connectivity index (χ1n) is 4.39. The largest absolute Gasteiger partial charge is 0.315 e. The highest BCUT2D eigenvalue weighted by molar-refractivity contribution is 4.84. The molecule has 2 N–H and O–H groups in total. The quantitative estimate of drug-likeness (QED) is 0.507. The number of fused-ring (bicyclic) bond motifs is 2. The van der Waals surface area contributed by atoms with E-state index in [9.17, 15) is 0 Å². The third kappa shape index (κ3) is 1.32. The Hall–Kier alpha value is -0.0800. The lowest BCUT2D eigenvalue weighted by atomic mass is 9.98. The van der Waals surface area contributed by atoms with E-state index < -0.39 is 0 Å². The van der Waals surface area contributed by atoms with Gasteiger partial charge in [-0.1, -0.05) is 0 Å². The minimum absolute atomic E-state index is 0.783. The summed E-state index contributed by atoms with van der Waals surface area (Å²) in [6, 6.07) is 0.783. The fourth-order valence-corrected chi connectivity index (χ4v) is 2.07. The molecular weight excluding hydrogens is 124 g/mol. The van der Waals surface area contributed by atoms with Crippen LogP contribution in [-0.2, 0) is 0 Å². The van der Waals surface area contributed by atoms with E-state index in [2.05, 4.69) is 10.6 Å². The molecule has 2 rings (SSSR count). The molecule has 2 aliphatic heterocycles. The Morgan fingerprint density at radius 1 is 1.20 bits per heavy atom. The predicted octanol–water partition coefficient (Wildman–Crippen LogP) is 0.348. The molecule has 2 heterocycles. The molecule has 2 aliphatic rings. The monoisotopic (exact) mass is 140 g/mol. The van der Waals surface area contributed by atoms with E-state index in [0.717, 1.165) is 12.0 Å². The zero-order chi connectivity index (χ0) is 6.81. The van der Waals surface area contributed by atoms with E-state index in [1.807, 2.05) is 0 Å². The SMILES string of the molecule is C1CNCC2CC(C1)CN2. The summed E-state index contributed by atoms with van der Waals surface area (Å²) in [5.41, 5.74) is 0. The van der Waals surface area contributed by atoms with Gasteiger partial charge in [-0.05, 0) is 38.3 Å². The smallest absolute Gasteiger partial charge is 0.0195 e. The molecular formula is C8H16N2. The van der Waals surface area contributed by atoms with Crippen LogP contribution in [0.3, 0.4) is 0 Å². The van der Waals surface area contributed by atoms with Crippen molar-refractivity contribution in [1.82, 2.24) is 10.6 Å². The van der Waals surface area contributed by atoms with Gasteiger partial charge >= 0.3 is 0 Å². The molecule has 10 heavy (non-hydrogen) atoms. The number of hydrogen-bond acceptors (Lipinski definition) is 2. The maximum Gasteiger partial charge on any atom is 0.0195 e. The molecule has 58 valence electrons. The van der Waals surface area contributed by atoms with E-state index in [1.165, 1.54) is 38.9 Å². The third-order valence-corrected chi connectivity index (χ3v) is 2.67. The highest BCUT2D eigenvalue weighted by atomic mass is 15.0. The molecule has 2 heteroatoms. The van der Waals surface area contributed by atoms with E-state index in [0.29, 0.717) is 0 Å². The van der Waals surface area contributed by atoms with Crippen molar-refractivity contribution in [3.05, 3.63) is 0 Å². The Labute approximate surface area is 62.4 Å². The standard InChI is InChI=1S/C8H16N2/c1-2-7-4-8(10-5-7)6-9-3-1/h7-10H,1-6H2. The van der Waals surface area contributed by atoms with Gasteiger partial charge in [-0.15, -0.1) is 0 Å². The normalized spacial score (nSPS) is 40.8. The van der Waals surface area contributed by atoms with Crippen LogP contribution in [0.25, 0.3) is 0 Å². The lowest BCUT2D eigenvalue weighted by molar-refractivity contribution is 0.439. The first-order valence-corrected chi connectivity index (χ1v) is 4.39. The Kier molecular flexibility index (Phi) is 1.91. The summed E-state index contributed by atoms with van der Waals surface area (Å²) in [4.78, 5) is 0. The van der Waals surface area contributed by atoms with Gasteiger partial charge in [0.15, 0.2) is 0 Å². The number of hydrogen-bond donors (Lipinski definition) is 2. The van der Waals surface area contributed by atoms with Crippen LogP contribution in [0.4, 0.5) is 0 Å². The Balaban J connectivity index is 1.91. The zero-order valence-corrected chi connectivity index (χ0v) is 6.40. The molecule has 0 spiro atoms. The highest BCUT2D eigenvalue weighted by Crippen LogP contribution is 2.19. The van der Waals surface area contributed by atoms with Crippen molar-refractivity contribution < 1.29 is 0 Å². The topological polar surface area (TPSA) is 24.1 Å². The van der Waals surface area contributed by atoms with Crippen molar-refractivity contribution in [2.24, 2.45) is 5.92 Å². The summed E-state index contributed by atoms with van der Waals surface area (Å²) in [5.74, 6) is 0.993. The molecule has 0 aromatic heterocycles. The first kappa shape index (κ1) is 6.62. The minimum Gasteiger partial charge on any atom is -0.315 e. The second-order valence-corrected chi connectivity index (χ2v) is 3.55. The van der Waals surface area contributed by atoms with Crippen LogP contribution in [-0.4, -0.2) is 25.7 Å². The first-order chi connectivity index (χ1) is 4.95. The molecule has 0 aliphatic carbocycles. The molecule has 0 amide bonds. The van der Waals surface area contributed by atoms with Crippen molar-refractivity contribution in [3.63, 3.8) is 0 Å². The summed E-state index contributed by atoms with van der Waals surface area (Å²) in [6.07, 6.45) is 4.21. The fourth-order valence-electron chi connectivity index (χ4n) is 2.07. The van der Waals surface area contributed by atoms with Gasteiger partial charge in [-0.3, -0.25) is 0 Å². The Morgan fingerprint density at radius 2 is 2.20 bits per heavy atom. The van der Waals surface area contributed by atoms with Crippen LogP contribution in [0.2, 0.25) is 0 Å². The summed E-state index contributed by atoms with van der Waals surface area (Å²) < 4.78 is 0. The third-order valence-electron chi connectivity index (χ3n) is 2.67. The fraction of sp³-hybridized carbons (Fsp3) is 1.00. The van der Waals surface area contributed by atoms with Crippen molar-refractivity contribution in [2.45, 2.75) is 25.3 Å². The summed E-state index contributed by atoms with van der Waals surface area (Å²) in [7, 11) is 0. The molecule has 2 saturated heterocycles. The summed E-state index contributed by atoms with van der Waals surface area (Å²) in [5, 5.41) is 6.99. The molecule has 2 nitrogen and oxygen atoms in total. The Morgan fingerprint density at radius 3 is 3.20 bits per heavy atom. The van der Waals surface area contributed by atoms with Crippen LogP contribution < -0.4 is 10.6 Å². The maximum atomic E-state index is 3.54. The van der Waals surface area contributed by atoms with Gasteiger partial charge in [0, 0.05) is 12.6 Å². The molecule has 0 radical (unpaired) electrons.